The van der Waals surface area contributed by atoms with Crippen molar-refractivity contribution in [2.45, 2.75) is 13.0 Å². The summed E-state index contributed by atoms with van der Waals surface area (Å²) in [6, 6.07) is 7.72. The second-order valence-electron chi connectivity index (χ2n) is 3.51. The lowest BCUT2D eigenvalue weighted by Gasteiger charge is -2.14. The van der Waals surface area contributed by atoms with Crippen LogP contribution in [-0.2, 0) is 0 Å². The highest BCUT2D eigenvalue weighted by Crippen LogP contribution is 2.19. The second-order valence-corrected chi connectivity index (χ2v) is 3.94. The minimum Gasteiger partial charge on any atom is -0.377 e. The molecular weight excluding hydrogens is 222 g/mol. The maximum Gasteiger partial charge on any atom is 0.0806 e. The number of aromatic nitrogens is 2. The predicted molar refractivity (Wildman–Crippen MR) is 65.5 cm³/mol. The molecule has 1 atom stereocenters. The zero-order valence-corrected chi connectivity index (χ0v) is 9.65. The van der Waals surface area contributed by atoms with Crippen molar-refractivity contribution in [1.82, 2.24) is 9.97 Å². The SMILES string of the molecule is CC(Nc1cccc(Cl)c1)c1cnccn1. The summed E-state index contributed by atoms with van der Waals surface area (Å²) in [5, 5.41) is 4.03. The van der Waals surface area contributed by atoms with Crippen molar-refractivity contribution in [2.24, 2.45) is 0 Å². The molecule has 2 rings (SSSR count). The lowest BCUT2D eigenvalue weighted by molar-refractivity contribution is 0.827. The van der Waals surface area contributed by atoms with E-state index in [-0.39, 0.29) is 6.04 Å². The molecule has 0 saturated heterocycles. The number of benzene rings is 1. The molecule has 4 heteroatoms. The predicted octanol–water partition coefficient (Wildman–Crippen LogP) is 3.30. The molecule has 0 amide bonds. The van der Waals surface area contributed by atoms with Crippen LogP contribution in [0.15, 0.2) is 42.9 Å². The molecule has 1 heterocycles. The zero-order chi connectivity index (χ0) is 11.4. The highest BCUT2D eigenvalue weighted by atomic mass is 35.5. The maximum absolute atomic E-state index is 5.91. The van der Waals surface area contributed by atoms with Gasteiger partial charge in [-0.2, -0.15) is 0 Å². The first-order valence-electron chi connectivity index (χ1n) is 5.04. The standard InChI is InChI=1S/C12H12ClN3/c1-9(12-8-14-5-6-15-12)16-11-4-2-3-10(13)7-11/h2-9,16H,1H3. The first kappa shape index (κ1) is 10.9. The quantitative estimate of drug-likeness (QED) is 0.884. The fourth-order valence-electron chi connectivity index (χ4n) is 1.44. The lowest BCUT2D eigenvalue weighted by Crippen LogP contribution is -2.08. The van der Waals surface area contributed by atoms with Gasteiger partial charge >= 0.3 is 0 Å². The monoisotopic (exact) mass is 233 g/mol. The van der Waals surface area contributed by atoms with Crippen LogP contribution in [0.2, 0.25) is 5.02 Å². The Morgan fingerprint density at radius 1 is 1.31 bits per heavy atom. The van der Waals surface area contributed by atoms with E-state index in [0.29, 0.717) is 0 Å². The first-order chi connectivity index (χ1) is 7.75. The molecule has 1 aromatic carbocycles. The highest BCUT2D eigenvalue weighted by Gasteiger charge is 2.06. The van der Waals surface area contributed by atoms with Crippen LogP contribution >= 0.6 is 11.6 Å². The van der Waals surface area contributed by atoms with Crippen molar-refractivity contribution >= 4 is 17.3 Å². The second kappa shape index (κ2) is 4.94. The molecule has 0 aliphatic heterocycles. The summed E-state index contributed by atoms with van der Waals surface area (Å²) in [5.74, 6) is 0. The average Bonchev–Trinajstić information content (AvgIpc) is 2.30. The molecule has 3 nitrogen and oxygen atoms in total. The van der Waals surface area contributed by atoms with Crippen molar-refractivity contribution in [3.8, 4) is 0 Å². The van der Waals surface area contributed by atoms with Gasteiger partial charge in [0.25, 0.3) is 0 Å². The molecule has 0 saturated carbocycles. The number of rotatable bonds is 3. The van der Waals surface area contributed by atoms with Gasteiger partial charge in [0.1, 0.15) is 0 Å². The molecule has 0 aliphatic carbocycles. The Bertz CT molecular complexity index is 459. The van der Waals surface area contributed by atoms with Crippen molar-refractivity contribution in [3.05, 3.63) is 53.6 Å². The van der Waals surface area contributed by atoms with Crippen LogP contribution in [0.25, 0.3) is 0 Å². The Hall–Kier alpha value is -1.61. The summed E-state index contributed by atoms with van der Waals surface area (Å²) in [4.78, 5) is 8.28. The Labute approximate surface area is 99.5 Å². The van der Waals surface area contributed by atoms with Gasteiger partial charge in [-0.1, -0.05) is 17.7 Å². The number of anilines is 1. The van der Waals surface area contributed by atoms with Gasteiger partial charge in [-0.25, -0.2) is 0 Å². The minimum atomic E-state index is 0.104. The third-order valence-electron chi connectivity index (χ3n) is 2.23. The van der Waals surface area contributed by atoms with Crippen LogP contribution < -0.4 is 5.32 Å². The lowest BCUT2D eigenvalue weighted by atomic mass is 10.2. The van der Waals surface area contributed by atoms with Gasteiger partial charge in [-0.3, -0.25) is 9.97 Å². The molecule has 1 unspecified atom stereocenters. The zero-order valence-electron chi connectivity index (χ0n) is 8.89. The van der Waals surface area contributed by atoms with E-state index in [1.807, 2.05) is 31.2 Å². The van der Waals surface area contributed by atoms with Crippen molar-refractivity contribution in [2.75, 3.05) is 5.32 Å². The van der Waals surface area contributed by atoms with E-state index >= 15 is 0 Å². The van der Waals surface area contributed by atoms with Gasteiger partial charge in [0, 0.05) is 23.1 Å². The number of nitrogens with one attached hydrogen (secondary N) is 1. The van der Waals surface area contributed by atoms with E-state index in [0.717, 1.165) is 16.4 Å². The van der Waals surface area contributed by atoms with E-state index in [9.17, 15) is 0 Å². The van der Waals surface area contributed by atoms with E-state index in [2.05, 4.69) is 15.3 Å². The molecular formula is C12H12ClN3. The molecule has 0 aliphatic rings. The molecule has 0 fully saturated rings. The molecule has 1 N–H and O–H groups in total. The molecule has 16 heavy (non-hydrogen) atoms. The van der Waals surface area contributed by atoms with Gasteiger partial charge in [0.15, 0.2) is 0 Å². The van der Waals surface area contributed by atoms with Crippen LogP contribution in [0.4, 0.5) is 5.69 Å². The highest BCUT2D eigenvalue weighted by molar-refractivity contribution is 6.30. The summed E-state index contributed by atoms with van der Waals surface area (Å²) in [5.41, 5.74) is 1.88. The van der Waals surface area contributed by atoms with Crippen molar-refractivity contribution in [1.29, 1.82) is 0 Å². The first-order valence-corrected chi connectivity index (χ1v) is 5.41. The van der Waals surface area contributed by atoms with Gasteiger partial charge in [0.2, 0.25) is 0 Å². The topological polar surface area (TPSA) is 37.8 Å². The van der Waals surface area contributed by atoms with Gasteiger partial charge in [-0.15, -0.1) is 0 Å². The summed E-state index contributed by atoms with van der Waals surface area (Å²) in [6.45, 7) is 2.03. The average molecular weight is 234 g/mol. The van der Waals surface area contributed by atoms with Crippen molar-refractivity contribution < 1.29 is 0 Å². The maximum atomic E-state index is 5.91. The van der Waals surface area contributed by atoms with Gasteiger partial charge in [-0.05, 0) is 25.1 Å². The fourth-order valence-corrected chi connectivity index (χ4v) is 1.63. The summed E-state index contributed by atoms with van der Waals surface area (Å²) < 4.78 is 0. The number of nitrogens with zero attached hydrogens (tertiary/aromatic N) is 2. The third kappa shape index (κ3) is 2.70. The summed E-state index contributed by atoms with van der Waals surface area (Å²) in [6.07, 6.45) is 5.10. The van der Waals surface area contributed by atoms with Crippen LogP contribution in [-0.4, -0.2) is 9.97 Å². The number of hydrogen-bond acceptors (Lipinski definition) is 3. The third-order valence-corrected chi connectivity index (χ3v) is 2.47. The largest absolute Gasteiger partial charge is 0.377 e. The normalized spacial score (nSPS) is 12.1. The Morgan fingerprint density at radius 2 is 2.19 bits per heavy atom. The Balaban J connectivity index is 2.11. The van der Waals surface area contributed by atoms with E-state index in [4.69, 9.17) is 11.6 Å². The van der Waals surface area contributed by atoms with E-state index in [1.165, 1.54) is 0 Å². The van der Waals surface area contributed by atoms with Crippen molar-refractivity contribution in [3.63, 3.8) is 0 Å². The number of hydrogen-bond donors (Lipinski definition) is 1. The van der Waals surface area contributed by atoms with Crippen LogP contribution in [0.5, 0.6) is 0 Å². The molecule has 82 valence electrons. The Kier molecular flexibility index (Phi) is 3.37. The summed E-state index contributed by atoms with van der Waals surface area (Å²) >= 11 is 5.91. The summed E-state index contributed by atoms with van der Waals surface area (Å²) in [7, 11) is 0. The van der Waals surface area contributed by atoms with E-state index in [1.54, 1.807) is 18.6 Å². The van der Waals surface area contributed by atoms with Crippen LogP contribution in [0.1, 0.15) is 18.7 Å². The smallest absolute Gasteiger partial charge is 0.0806 e. The molecule has 2 aromatic rings. The molecule has 0 bridgehead atoms. The Morgan fingerprint density at radius 3 is 2.88 bits per heavy atom. The molecule has 0 radical (unpaired) electrons. The fraction of sp³-hybridized carbons (Fsp3) is 0.167. The minimum absolute atomic E-state index is 0.104. The van der Waals surface area contributed by atoms with Crippen LogP contribution in [0, 0.1) is 0 Å². The van der Waals surface area contributed by atoms with Crippen LogP contribution in [0.3, 0.4) is 0 Å². The number of halogens is 1. The van der Waals surface area contributed by atoms with Gasteiger partial charge < -0.3 is 5.32 Å². The van der Waals surface area contributed by atoms with E-state index < -0.39 is 0 Å². The molecule has 0 spiro atoms. The molecule has 1 aromatic heterocycles. The van der Waals surface area contributed by atoms with Gasteiger partial charge in [0.05, 0.1) is 17.9 Å².